The fourth-order valence-electron chi connectivity index (χ4n) is 2.00. The lowest BCUT2D eigenvalue weighted by Gasteiger charge is -2.19. The van der Waals surface area contributed by atoms with Gasteiger partial charge in [0.1, 0.15) is 11.9 Å². The van der Waals surface area contributed by atoms with Gasteiger partial charge < -0.3 is 15.6 Å². The average molecular weight is 292 g/mol. The molecule has 0 bridgehead atoms. The van der Waals surface area contributed by atoms with E-state index in [1.165, 1.54) is 0 Å². The molecule has 0 spiro atoms. The van der Waals surface area contributed by atoms with Crippen LogP contribution in [-0.4, -0.2) is 18.3 Å². The summed E-state index contributed by atoms with van der Waals surface area (Å²) in [6, 6.07) is 15.2. The van der Waals surface area contributed by atoms with E-state index >= 15 is 0 Å². The quantitative estimate of drug-likeness (QED) is 0.860. The Labute approximate surface area is 123 Å². The maximum Gasteiger partial charge on any atom is 0.137 e. The first-order valence-corrected chi connectivity index (χ1v) is 6.93. The monoisotopic (exact) mass is 291 g/mol. The highest BCUT2D eigenvalue weighted by atomic mass is 35.5. The van der Waals surface area contributed by atoms with Gasteiger partial charge in [-0.25, -0.2) is 0 Å². The highest BCUT2D eigenvalue weighted by molar-refractivity contribution is 6.31. The maximum absolute atomic E-state index is 8.89. The summed E-state index contributed by atoms with van der Waals surface area (Å²) >= 11 is 6.17. The third-order valence-electron chi connectivity index (χ3n) is 3.07. The van der Waals surface area contributed by atoms with E-state index in [4.69, 9.17) is 27.2 Å². The van der Waals surface area contributed by atoms with Gasteiger partial charge in [-0.2, -0.15) is 0 Å². The van der Waals surface area contributed by atoms with E-state index in [2.05, 4.69) is 0 Å². The average Bonchev–Trinajstić information content (AvgIpc) is 2.48. The fraction of sp³-hybridized carbons (Fsp3) is 0.250. The molecule has 20 heavy (non-hydrogen) atoms. The molecule has 0 aromatic heterocycles. The third-order valence-corrected chi connectivity index (χ3v) is 3.41. The molecule has 0 aliphatic rings. The van der Waals surface area contributed by atoms with Crippen LogP contribution in [0.5, 0.6) is 5.75 Å². The summed E-state index contributed by atoms with van der Waals surface area (Å²) in [4.78, 5) is 0. The van der Waals surface area contributed by atoms with Crippen LogP contribution in [0.25, 0.3) is 0 Å². The van der Waals surface area contributed by atoms with Crippen molar-refractivity contribution >= 4 is 11.6 Å². The van der Waals surface area contributed by atoms with Gasteiger partial charge in [0.2, 0.25) is 0 Å². The summed E-state index contributed by atoms with van der Waals surface area (Å²) in [7, 11) is 0. The van der Waals surface area contributed by atoms with Gasteiger partial charge in [0.15, 0.2) is 0 Å². The number of aliphatic hydroxyl groups excluding tert-OH is 1. The molecule has 2 aromatic carbocycles. The number of ether oxygens (including phenoxy) is 1. The molecule has 3 nitrogen and oxygen atoms in total. The van der Waals surface area contributed by atoms with Crippen LogP contribution < -0.4 is 10.5 Å². The summed E-state index contributed by atoms with van der Waals surface area (Å²) in [6.45, 7) is 0.493. The van der Waals surface area contributed by atoms with Crippen molar-refractivity contribution in [2.75, 3.05) is 13.2 Å². The fourth-order valence-corrected chi connectivity index (χ4v) is 2.26. The number of nitrogens with two attached hydrogens (primary N) is 1. The maximum atomic E-state index is 8.89. The van der Waals surface area contributed by atoms with Gasteiger partial charge in [-0.05, 0) is 30.2 Å². The number of rotatable bonds is 6. The predicted octanol–water partition coefficient (Wildman–Crippen LogP) is 2.95. The van der Waals surface area contributed by atoms with Crippen LogP contribution in [0.4, 0.5) is 0 Å². The number of hydrogen-bond acceptors (Lipinski definition) is 3. The van der Waals surface area contributed by atoms with Gasteiger partial charge in [-0.3, -0.25) is 0 Å². The van der Waals surface area contributed by atoms with Gasteiger partial charge in [-0.1, -0.05) is 41.9 Å². The Balaban J connectivity index is 2.12. The van der Waals surface area contributed by atoms with Crippen molar-refractivity contribution in [1.82, 2.24) is 0 Å². The van der Waals surface area contributed by atoms with Crippen molar-refractivity contribution in [3.8, 4) is 5.75 Å². The molecule has 2 rings (SSSR count). The Hall–Kier alpha value is -1.55. The molecule has 3 N–H and O–H groups in total. The normalized spacial score (nSPS) is 12.2. The minimum Gasteiger partial charge on any atom is -0.484 e. The van der Waals surface area contributed by atoms with Gasteiger partial charge in [-0.15, -0.1) is 0 Å². The molecule has 1 unspecified atom stereocenters. The van der Waals surface area contributed by atoms with Crippen molar-refractivity contribution in [2.24, 2.45) is 5.73 Å². The zero-order valence-electron chi connectivity index (χ0n) is 11.1. The van der Waals surface area contributed by atoms with E-state index < -0.39 is 0 Å². The standard InChI is InChI=1S/C16H18ClNO2/c17-15-4-2-1-3-14(15)16(11-18)20-13-7-5-12(6-8-13)9-10-19/h1-8,16,19H,9-11,18H2. The second-order valence-electron chi connectivity index (χ2n) is 4.48. The summed E-state index contributed by atoms with van der Waals surface area (Å²) in [5, 5.41) is 9.54. The van der Waals surface area contributed by atoms with E-state index in [0.717, 1.165) is 16.9 Å². The van der Waals surface area contributed by atoms with Gasteiger partial charge in [0, 0.05) is 23.7 Å². The molecule has 0 radical (unpaired) electrons. The van der Waals surface area contributed by atoms with Crippen molar-refractivity contribution in [3.05, 3.63) is 64.7 Å². The van der Waals surface area contributed by atoms with Gasteiger partial charge >= 0.3 is 0 Å². The van der Waals surface area contributed by atoms with E-state index in [1.807, 2.05) is 48.5 Å². The Morgan fingerprint density at radius 1 is 1.10 bits per heavy atom. The molecule has 0 heterocycles. The molecule has 0 saturated heterocycles. The molecule has 0 aliphatic carbocycles. The Kier molecular flexibility index (Phi) is 5.41. The molecule has 0 fully saturated rings. The Morgan fingerprint density at radius 3 is 2.40 bits per heavy atom. The SMILES string of the molecule is NCC(Oc1ccc(CCO)cc1)c1ccccc1Cl. The van der Waals surface area contributed by atoms with Crippen molar-refractivity contribution in [3.63, 3.8) is 0 Å². The van der Waals surface area contributed by atoms with Crippen molar-refractivity contribution < 1.29 is 9.84 Å². The van der Waals surface area contributed by atoms with Crippen LogP contribution in [0, 0.1) is 0 Å². The number of halogens is 1. The Morgan fingerprint density at radius 2 is 1.80 bits per heavy atom. The zero-order chi connectivity index (χ0) is 14.4. The number of benzene rings is 2. The van der Waals surface area contributed by atoms with E-state index in [1.54, 1.807) is 0 Å². The topological polar surface area (TPSA) is 55.5 Å². The predicted molar refractivity (Wildman–Crippen MR) is 81.1 cm³/mol. The minimum atomic E-state index is -0.271. The second-order valence-corrected chi connectivity index (χ2v) is 4.89. The molecule has 0 aliphatic heterocycles. The number of aliphatic hydroxyl groups is 1. The first-order chi connectivity index (χ1) is 9.74. The largest absolute Gasteiger partial charge is 0.484 e. The highest BCUT2D eigenvalue weighted by Crippen LogP contribution is 2.27. The molecule has 0 amide bonds. The van der Waals surface area contributed by atoms with Crippen molar-refractivity contribution in [2.45, 2.75) is 12.5 Å². The van der Waals surface area contributed by atoms with Crippen LogP contribution in [-0.2, 0) is 6.42 Å². The molecular weight excluding hydrogens is 274 g/mol. The molecule has 0 saturated carbocycles. The lowest BCUT2D eigenvalue weighted by atomic mass is 10.1. The van der Waals surface area contributed by atoms with Crippen LogP contribution in [0.15, 0.2) is 48.5 Å². The molecule has 4 heteroatoms. The molecular formula is C16H18ClNO2. The van der Waals surface area contributed by atoms with E-state index in [-0.39, 0.29) is 12.7 Å². The molecule has 2 aromatic rings. The summed E-state index contributed by atoms with van der Waals surface area (Å²) in [5.41, 5.74) is 7.74. The molecule has 1 atom stereocenters. The second kappa shape index (κ2) is 7.29. The van der Waals surface area contributed by atoms with Crippen LogP contribution in [0.2, 0.25) is 5.02 Å². The Bertz CT molecular complexity index is 542. The van der Waals surface area contributed by atoms with E-state index in [9.17, 15) is 0 Å². The minimum absolute atomic E-state index is 0.144. The third kappa shape index (κ3) is 3.73. The van der Waals surface area contributed by atoms with Gasteiger partial charge in [0.05, 0.1) is 0 Å². The number of hydrogen-bond donors (Lipinski definition) is 2. The first kappa shape index (κ1) is 14.9. The molecule has 106 valence electrons. The van der Waals surface area contributed by atoms with Crippen LogP contribution in [0.3, 0.4) is 0 Å². The van der Waals surface area contributed by atoms with Crippen molar-refractivity contribution in [1.29, 1.82) is 0 Å². The smallest absolute Gasteiger partial charge is 0.137 e. The lowest BCUT2D eigenvalue weighted by molar-refractivity contribution is 0.214. The van der Waals surface area contributed by atoms with Crippen LogP contribution in [0.1, 0.15) is 17.2 Å². The first-order valence-electron chi connectivity index (χ1n) is 6.55. The summed E-state index contributed by atoms with van der Waals surface area (Å²) in [6.07, 6.45) is 0.373. The lowest BCUT2D eigenvalue weighted by Crippen LogP contribution is -2.18. The summed E-state index contributed by atoms with van der Waals surface area (Å²) < 4.78 is 5.89. The summed E-state index contributed by atoms with van der Waals surface area (Å²) in [5.74, 6) is 0.738. The highest BCUT2D eigenvalue weighted by Gasteiger charge is 2.14. The van der Waals surface area contributed by atoms with Gasteiger partial charge in [0.25, 0.3) is 0 Å². The zero-order valence-corrected chi connectivity index (χ0v) is 11.9. The van der Waals surface area contributed by atoms with E-state index in [0.29, 0.717) is 18.0 Å². The van der Waals surface area contributed by atoms with Crippen LogP contribution >= 0.6 is 11.6 Å².